The summed E-state index contributed by atoms with van der Waals surface area (Å²) in [6.07, 6.45) is 2.74. The van der Waals surface area contributed by atoms with Crippen LogP contribution in [0.3, 0.4) is 0 Å². The molecular weight excluding hydrogens is 470 g/mol. The Bertz CT molecular complexity index is 989. The molecule has 1 saturated heterocycles. The number of carbonyl (C=O) groups excluding carboxylic acids is 1. The van der Waals surface area contributed by atoms with Gasteiger partial charge in [-0.3, -0.25) is 9.69 Å². The molecular formula is C26H38ClN3O3S. The quantitative estimate of drug-likeness (QED) is 0.495. The smallest absolute Gasteiger partial charge is 0.242 e. The molecule has 8 heteroatoms. The van der Waals surface area contributed by atoms with E-state index in [-0.39, 0.29) is 36.2 Å². The van der Waals surface area contributed by atoms with Gasteiger partial charge in [-0.05, 0) is 56.3 Å². The Labute approximate surface area is 211 Å². The average molecular weight is 508 g/mol. The minimum atomic E-state index is -3.55. The summed E-state index contributed by atoms with van der Waals surface area (Å²) in [6.45, 7) is 6.77. The van der Waals surface area contributed by atoms with E-state index in [9.17, 15) is 13.2 Å². The molecule has 34 heavy (non-hydrogen) atoms. The third-order valence-electron chi connectivity index (χ3n) is 6.69. The summed E-state index contributed by atoms with van der Waals surface area (Å²) in [7, 11) is -1.89. The monoisotopic (exact) mass is 507 g/mol. The second-order valence-corrected chi connectivity index (χ2v) is 11.0. The fraction of sp³-hybridized carbons (Fsp3) is 0.500. The highest BCUT2D eigenvalue weighted by atomic mass is 35.5. The van der Waals surface area contributed by atoms with Crippen molar-refractivity contribution in [2.24, 2.45) is 5.92 Å². The second-order valence-electron chi connectivity index (χ2n) is 8.94. The standard InChI is InChI=1S/C26H37N3O3S.ClH/c1-4-27-26-19-23(21(2)30)15-17-29(26)18-16-24(22-11-7-5-8-12-22)20-28(3)33(31,32)25-13-9-6-10-14-25;/h5-14,23-24,26-27H,4,15-20H2,1-3H3;1H/t23?,24-,26-;/m0./s1. The van der Waals surface area contributed by atoms with Gasteiger partial charge in [0.1, 0.15) is 5.78 Å². The molecule has 1 aliphatic heterocycles. The van der Waals surface area contributed by atoms with Crippen molar-refractivity contribution >= 4 is 28.2 Å². The average Bonchev–Trinajstić information content (AvgIpc) is 2.83. The van der Waals surface area contributed by atoms with Crippen LogP contribution in [-0.2, 0) is 14.8 Å². The number of nitrogens with one attached hydrogen (secondary N) is 1. The number of ketones is 1. The van der Waals surface area contributed by atoms with Crippen LogP contribution in [0.1, 0.15) is 44.6 Å². The Morgan fingerprint density at radius 1 is 1.12 bits per heavy atom. The van der Waals surface area contributed by atoms with Crippen LogP contribution in [0.5, 0.6) is 0 Å². The van der Waals surface area contributed by atoms with E-state index in [0.717, 1.165) is 44.5 Å². The Morgan fingerprint density at radius 2 is 1.74 bits per heavy atom. The molecule has 6 nitrogen and oxygen atoms in total. The molecule has 2 aromatic rings. The number of Topliss-reactive ketones (excluding diaryl/α,β-unsaturated/α-hetero) is 1. The molecule has 0 amide bonds. The molecule has 1 N–H and O–H groups in total. The SMILES string of the molecule is CCN[C@@H]1CC(C(C)=O)CCN1CC[C@@H](CN(C)S(=O)(=O)c1ccccc1)c1ccccc1.Cl. The van der Waals surface area contributed by atoms with Gasteiger partial charge in [-0.1, -0.05) is 55.5 Å². The largest absolute Gasteiger partial charge is 0.302 e. The highest BCUT2D eigenvalue weighted by molar-refractivity contribution is 7.89. The fourth-order valence-electron chi connectivity index (χ4n) is 4.69. The topological polar surface area (TPSA) is 69.7 Å². The summed E-state index contributed by atoms with van der Waals surface area (Å²) in [6, 6.07) is 18.8. The molecule has 188 valence electrons. The molecule has 1 heterocycles. The summed E-state index contributed by atoms with van der Waals surface area (Å²) in [4.78, 5) is 14.7. The molecule has 0 aromatic heterocycles. The number of hydrogen-bond donors (Lipinski definition) is 1. The van der Waals surface area contributed by atoms with Crippen LogP contribution < -0.4 is 5.32 Å². The number of hydrogen-bond acceptors (Lipinski definition) is 5. The minimum absolute atomic E-state index is 0. The molecule has 0 aliphatic carbocycles. The van der Waals surface area contributed by atoms with E-state index in [2.05, 4.69) is 29.3 Å². The Morgan fingerprint density at radius 3 is 2.32 bits per heavy atom. The molecule has 0 saturated carbocycles. The number of likely N-dealkylation sites (tertiary alicyclic amines) is 1. The molecule has 2 aromatic carbocycles. The number of rotatable bonds is 11. The molecule has 3 atom stereocenters. The minimum Gasteiger partial charge on any atom is -0.302 e. The molecule has 0 spiro atoms. The summed E-state index contributed by atoms with van der Waals surface area (Å²) in [5.74, 6) is 0.465. The lowest BCUT2D eigenvalue weighted by Gasteiger charge is -2.40. The van der Waals surface area contributed by atoms with Crippen LogP contribution in [0.2, 0.25) is 0 Å². The zero-order valence-electron chi connectivity index (χ0n) is 20.4. The van der Waals surface area contributed by atoms with Crippen LogP contribution in [0.25, 0.3) is 0 Å². The zero-order chi connectivity index (χ0) is 23.8. The molecule has 0 bridgehead atoms. The lowest BCUT2D eigenvalue weighted by Crippen LogP contribution is -2.52. The van der Waals surface area contributed by atoms with E-state index in [4.69, 9.17) is 0 Å². The van der Waals surface area contributed by atoms with Crippen LogP contribution in [0, 0.1) is 5.92 Å². The summed E-state index contributed by atoms with van der Waals surface area (Å²) in [5, 5.41) is 3.54. The van der Waals surface area contributed by atoms with E-state index >= 15 is 0 Å². The van der Waals surface area contributed by atoms with Gasteiger partial charge in [-0.15, -0.1) is 12.4 Å². The number of nitrogens with zero attached hydrogens (tertiary/aromatic N) is 2. The Balaban J connectivity index is 0.00000408. The third kappa shape index (κ3) is 7.36. The Kier molecular flexibility index (Phi) is 11.2. The normalized spacial score (nSPS) is 20.0. The van der Waals surface area contributed by atoms with Crippen molar-refractivity contribution in [1.82, 2.24) is 14.5 Å². The van der Waals surface area contributed by atoms with E-state index in [1.54, 1.807) is 38.2 Å². The predicted molar refractivity (Wildman–Crippen MR) is 140 cm³/mol. The van der Waals surface area contributed by atoms with Crippen molar-refractivity contribution in [3.63, 3.8) is 0 Å². The van der Waals surface area contributed by atoms with Crippen molar-refractivity contribution in [1.29, 1.82) is 0 Å². The van der Waals surface area contributed by atoms with Gasteiger partial charge < -0.3 is 5.32 Å². The van der Waals surface area contributed by atoms with Crippen LogP contribution in [0.15, 0.2) is 65.6 Å². The van der Waals surface area contributed by atoms with Gasteiger partial charge in [0.2, 0.25) is 10.0 Å². The summed E-state index contributed by atoms with van der Waals surface area (Å²) >= 11 is 0. The van der Waals surface area contributed by atoms with Crippen molar-refractivity contribution in [3.8, 4) is 0 Å². The van der Waals surface area contributed by atoms with Crippen molar-refractivity contribution in [2.75, 3.05) is 33.2 Å². The number of halogens is 1. The van der Waals surface area contributed by atoms with Gasteiger partial charge in [0.05, 0.1) is 11.1 Å². The van der Waals surface area contributed by atoms with Crippen molar-refractivity contribution in [2.45, 2.75) is 50.1 Å². The van der Waals surface area contributed by atoms with Crippen LogP contribution in [0.4, 0.5) is 0 Å². The fourth-order valence-corrected chi connectivity index (χ4v) is 5.93. The van der Waals surface area contributed by atoms with Gasteiger partial charge in [-0.2, -0.15) is 0 Å². The number of piperidine rings is 1. The lowest BCUT2D eigenvalue weighted by molar-refractivity contribution is -0.123. The van der Waals surface area contributed by atoms with Gasteiger partial charge in [-0.25, -0.2) is 12.7 Å². The Hall–Kier alpha value is -1.77. The first kappa shape index (κ1) is 28.5. The summed E-state index contributed by atoms with van der Waals surface area (Å²) in [5.41, 5.74) is 1.14. The van der Waals surface area contributed by atoms with Gasteiger partial charge in [0.15, 0.2) is 0 Å². The summed E-state index contributed by atoms with van der Waals surface area (Å²) < 4.78 is 27.7. The zero-order valence-corrected chi connectivity index (χ0v) is 22.0. The van der Waals surface area contributed by atoms with Crippen LogP contribution in [-0.4, -0.2) is 62.8 Å². The predicted octanol–water partition coefficient (Wildman–Crippen LogP) is 4.14. The molecule has 1 aliphatic rings. The number of sulfonamides is 1. The van der Waals surface area contributed by atoms with Gasteiger partial charge >= 0.3 is 0 Å². The number of benzene rings is 2. The van der Waals surface area contributed by atoms with E-state index in [0.29, 0.717) is 11.4 Å². The molecule has 3 rings (SSSR count). The third-order valence-corrected chi connectivity index (χ3v) is 8.53. The lowest BCUT2D eigenvalue weighted by atomic mass is 9.90. The first-order valence-corrected chi connectivity index (χ1v) is 13.3. The maximum Gasteiger partial charge on any atom is 0.242 e. The molecule has 1 fully saturated rings. The molecule has 1 unspecified atom stereocenters. The first-order chi connectivity index (χ1) is 15.8. The maximum absolute atomic E-state index is 13.1. The van der Waals surface area contributed by atoms with Gasteiger partial charge in [0.25, 0.3) is 0 Å². The van der Waals surface area contributed by atoms with E-state index in [1.165, 1.54) is 4.31 Å². The molecule has 0 radical (unpaired) electrons. The maximum atomic E-state index is 13.1. The van der Waals surface area contributed by atoms with Gasteiger partial charge in [0, 0.05) is 32.6 Å². The van der Waals surface area contributed by atoms with Crippen molar-refractivity contribution < 1.29 is 13.2 Å². The highest BCUT2D eigenvalue weighted by Gasteiger charge is 2.31. The van der Waals surface area contributed by atoms with Crippen molar-refractivity contribution in [3.05, 3.63) is 66.2 Å². The number of likely N-dealkylation sites (N-methyl/N-ethyl adjacent to an activating group) is 1. The first-order valence-electron chi connectivity index (χ1n) is 11.9. The highest BCUT2D eigenvalue weighted by Crippen LogP contribution is 2.27. The number of carbonyl (C=O) groups is 1. The van der Waals surface area contributed by atoms with E-state index < -0.39 is 10.0 Å². The second kappa shape index (κ2) is 13.4. The van der Waals surface area contributed by atoms with Crippen LogP contribution >= 0.6 is 12.4 Å². The van der Waals surface area contributed by atoms with E-state index in [1.807, 2.05) is 24.3 Å².